The third-order valence-corrected chi connectivity index (χ3v) is 6.47. The van der Waals surface area contributed by atoms with Crippen molar-refractivity contribution in [1.82, 2.24) is 0 Å². The highest BCUT2D eigenvalue weighted by atomic mass is 79.9. The van der Waals surface area contributed by atoms with Crippen molar-refractivity contribution in [2.75, 3.05) is 13.6 Å². The number of carboxylic acids is 1. The van der Waals surface area contributed by atoms with Crippen molar-refractivity contribution in [3.63, 3.8) is 0 Å². The highest BCUT2D eigenvalue weighted by molar-refractivity contribution is 8.93. The summed E-state index contributed by atoms with van der Waals surface area (Å²) in [5, 5.41) is 10.2. The number of piperidine rings is 1. The fourth-order valence-electron chi connectivity index (χ4n) is 4.67. The van der Waals surface area contributed by atoms with E-state index in [1.165, 1.54) is 56.0 Å². The first kappa shape index (κ1) is 23.9. The lowest BCUT2D eigenvalue weighted by atomic mass is 9.90. The molecular formula is C20H40BrNO2. The normalized spacial score (nSPS) is 29.4. The number of quaternary nitrogens is 1. The van der Waals surface area contributed by atoms with Crippen molar-refractivity contribution in [2.45, 2.75) is 97.6 Å². The molecule has 2 bridgehead atoms. The lowest BCUT2D eigenvalue weighted by Crippen LogP contribution is -2.56. The number of hydrogen-bond donors (Lipinski definition) is 0. The first-order valence-electron chi connectivity index (χ1n) is 9.89. The maximum atomic E-state index is 10.2. The molecule has 0 aliphatic carbocycles. The molecule has 2 heterocycles. The van der Waals surface area contributed by atoms with Crippen LogP contribution in [0.2, 0.25) is 0 Å². The van der Waals surface area contributed by atoms with Crippen LogP contribution in [-0.4, -0.2) is 36.1 Å². The minimum atomic E-state index is -0.930. The molecule has 0 aromatic carbocycles. The number of halogens is 1. The predicted molar refractivity (Wildman–Crippen MR) is 105 cm³/mol. The molecule has 2 rings (SSSR count). The van der Waals surface area contributed by atoms with Crippen LogP contribution in [0.25, 0.3) is 0 Å². The average Bonchev–Trinajstić information content (AvgIpc) is 2.70. The topological polar surface area (TPSA) is 40.1 Å². The van der Waals surface area contributed by atoms with Gasteiger partial charge in [0, 0.05) is 18.8 Å². The Morgan fingerprint density at radius 1 is 1.12 bits per heavy atom. The van der Waals surface area contributed by atoms with E-state index in [0.29, 0.717) is 5.92 Å². The Bertz CT molecular complexity index is 344. The Kier molecular flexibility index (Phi) is 11.5. The molecule has 4 heteroatoms. The molecule has 3 atom stereocenters. The van der Waals surface area contributed by atoms with Gasteiger partial charge in [-0.15, -0.1) is 17.0 Å². The maximum absolute atomic E-state index is 10.2. The van der Waals surface area contributed by atoms with Gasteiger partial charge in [-0.1, -0.05) is 40.5 Å². The Balaban J connectivity index is 0.000000441. The molecule has 0 amide bonds. The van der Waals surface area contributed by atoms with Gasteiger partial charge in [0.25, 0.3) is 0 Å². The first-order valence-corrected chi connectivity index (χ1v) is 9.89. The van der Waals surface area contributed by atoms with Crippen molar-refractivity contribution in [3.8, 4) is 0 Å². The molecule has 2 fully saturated rings. The lowest BCUT2D eigenvalue weighted by Gasteiger charge is -2.45. The van der Waals surface area contributed by atoms with Gasteiger partial charge >= 0.3 is 0 Å². The predicted octanol–water partition coefficient (Wildman–Crippen LogP) is 4.33. The highest BCUT2D eigenvalue weighted by Crippen LogP contribution is 2.41. The van der Waals surface area contributed by atoms with Gasteiger partial charge in [0.2, 0.25) is 0 Å². The largest absolute Gasteiger partial charge is 0.550 e. The molecule has 144 valence electrons. The SMILES string of the molecule is Br.CCC(CC(=O)[O-])C(C)C.CCCC[N+]1(C)C2CCCC1CC2. The summed E-state index contributed by atoms with van der Waals surface area (Å²) in [6.45, 7) is 9.85. The summed E-state index contributed by atoms with van der Waals surface area (Å²) < 4.78 is 1.44. The molecule has 3 unspecified atom stereocenters. The van der Waals surface area contributed by atoms with E-state index >= 15 is 0 Å². The van der Waals surface area contributed by atoms with E-state index in [4.69, 9.17) is 0 Å². The van der Waals surface area contributed by atoms with E-state index in [0.717, 1.165) is 18.5 Å². The van der Waals surface area contributed by atoms with Crippen molar-refractivity contribution in [1.29, 1.82) is 0 Å². The standard InChI is InChI=1S/C12H24N.C8H16O2.BrH/c1-3-4-10-13(2)11-6-5-7-12(13)9-8-11;1-4-7(6(2)3)5-8(9)10;/h11-12H,3-10H2,1-2H3;6-7H,4-5H2,1-3H3,(H,9,10);1H/q+1;;/p-1. The summed E-state index contributed by atoms with van der Waals surface area (Å²) in [5.41, 5.74) is 0. The molecule has 0 aromatic heterocycles. The molecule has 0 N–H and O–H groups in total. The Labute approximate surface area is 160 Å². The zero-order valence-corrected chi connectivity index (χ0v) is 18.3. The fraction of sp³-hybridized carbons (Fsp3) is 0.950. The Morgan fingerprint density at radius 3 is 2.00 bits per heavy atom. The summed E-state index contributed by atoms with van der Waals surface area (Å²) in [6, 6.07) is 2.07. The van der Waals surface area contributed by atoms with Gasteiger partial charge in [0.05, 0.1) is 25.7 Å². The van der Waals surface area contributed by atoms with Crippen LogP contribution >= 0.6 is 17.0 Å². The molecule has 2 aliphatic rings. The van der Waals surface area contributed by atoms with Gasteiger partial charge in [-0.3, -0.25) is 0 Å². The molecule has 0 spiro atoms. The van der Waals surface area contributed by atoms with Crippen LogP contribution in [0.5, 0.6) is 0 Å². The molecule has 0 radical (unpaired) electrons. The van der Waals surface area contributed by atoms with Crippen molar-refractivity contribution < 1.29 is 14.4 Å². The van der Waals surface area contributed by atoms with Gasteiger partial charge in [0.1, 0.15) is 0 Å². The van der Waals surface area contributed by atoms with Crippen LogP contribution < -0.4 is 5.11 Å². The number of carbonyl (C=O) groups is 1. The van der Waals surface area contributed by atoms with Gasteiger partial charge in [0.15, 0.2) is 0 Å². The maximum Gasteiger partial charge on any atom is 0.0892 e. The smallest absolute Gasteiger partial charge is 0.0892 e. The van der Waals surface area contributed by atoms with Gasteiger partial charge in [-0.2, -0.15) is 0 Å². The molecule has 3 nitrogen and oxygen atoms in total. The number of aliphatic carboxylic acids is 1. The molecular weight excluding hydrogens is 366 g/mol. The van der Waals surface area contributed by atoms with Gasteiger partial charge in [-0.05, 0) is 43.9 Å². The van der Waals surface area contributed by atoms with Crippen molar-refractivity contribution in [3.05, 3.63) is 0 Å². The fourth-order valence-corrected chi connectivity index (χ4v) is 4.67. The van der Waals surface area contributed by atoms with Crippen molar-refractivity contribution >= 4 is 23.0 Å². The number of nitrogens with zero attached hydrogens (tertiary/aromatic N) is 1. The summed E-state index contributed by atoms with van der Waals surface area (Å²) in [4.78, 5) is 10.2. The molecule has 0 saturated carbocycles. The second kappa shape index (κ2) is 11.5. The second-order valence-corrected chi connectivity index (χ2v) is 8.23. The van der Waals surface area contributed by atoms with E-state index in [-0.39, 0.29) is 29.3 Å². The quantitative estimate of drug-likeness (QED) is 0.591. The monoisotopic (exact) mass is 405 g/mol. The van der Waals surface area contributed by atoms with E-state index in [1.54, 1.807) is 0 Å². The average molecular weight is 406 g/mol. The van der Waals surface area contributed by atoms with Crippen LogP contribution in [0.3, 0.4) is 0 Å². The molecule has 2 aliphatic heterocycles. The number of hydrogen-bond acceptors (Lipinski definition) is 2. The number of fused-ring (bicyclic) bond motifs is 2. The summed E-state index contributed by atoms with van der Waals surface area (Å²) >= 11 is 0. The van der Waals surface area contributed by atoms with E-state index in [1.807, 2.05) is 20.8 Å². The summed E-state index contributed by atoms with van der Waals surface area (Å²) in [5.74, 6) is -0.201. The van der Waals surface area contributed by atoms with Crippen LogP contribution in [-0.2, 0) is 4.79 Å². The van der Waals surface area contributed by atoms with Crippen molar-refractivity contribution in [2.24, 2.45) is 11.8 Å². The Morgan fingerprint density at radius 2 is 1.67 bits per heavy atom. The van der Waals surface area contributed by atoms with E-state index in [2.05, 4.69) is 14.0 Å². The van der Waals surface area contributed by atoms with Gasteiger partial charge in [-0.25, -0.2) is 0 Å². The van der Waals surface area contributed by atoms with Crippen LogP contribution in [0.4, 0.5) is 0 Å². The number of carboxylic acid groups (broad SMARTS) is 1. The van der Waals surface area contributed by atoms with E-state index < -0.39 is 5.97 Å². The summed E-state index contributed by atoms with van der Waals surface area (Å²) in [7, 11) is 2.52. The van der Waals surface area contributed by atoms with E-state index in [9.17, 15) is 9.90 Å². The highest BCUT2D eigenvalue weighted by Gasteiger charge is 2.47. The zero-order chi connectivity index (χ0) is 17.5. The zero-order valence-electron chi connectivity index (χ0n) is 16.6. The third kappa shape index (κ3) is 6.67. The van der Waals surface area contributed by atoms with Gasteiger partial charge < -0.3 is 14.4 Å². The van der Waals surface area contributed by atoms with Crippen LogP contribution in [0.15, 0.2) is 0 Å². The van der Waals surface area contributed by atoms with Crippen LogP contribution in [0.1, 0.15) is 85.5 Å². The minimum Gasteiger partial charge on any atom is -0.550 e. The summed E-state index contributed by atoms with van der Waals surface area (Å²) in [6.07, 6.45) is 11.5. The Hall–Kier alpha value is -0.0900. The minimum absolute atomic E-state index is 0. The lowest BCUT2D eigenvalue weighted by molar-refractivity contribution is -0.948. The number of rotatable bonds is 7. The van der Waals surface area contributed by atoms with Crippen LogP contribution in [0, 0.1) is 11.8 Å². The number of carbonyl (C=O) groups excluding carboxylic acids is 1. The first-order chi connectivity index (χ1) is 10.8. The third-order valence-electron chi connectivity index (χ3n) is 6.47. The molecule has 0 aromatic rings. The molecule has 24 heavy (non-hydrogen) atoms. The number of unbranched alkanes of at least 4 members (excludes halogenated alkanes) is 1. The second-order valence-electron chi connectivity index (χ2n) is 8.23. The molecule has 2 saturated heterocycles.